The number of carbonyl (C=O) groups is 2. The molecule has 1 amide bonds. The van der Waals surface area contributed by atoms with E-state index < -0.39 is 5.54 Å². The van der Waals surface area contributed by atoms with Crippen LogP contribution in [-0.4, -0.2) is 42.5 Å². The van der Waals surface area contributed by atoms with Gasteiger partial charge in [0.2, 0.25) is 5.91 Å². The Morgan fingerprint density at radius 3 is 2.32 bits per heavy atom. The number of ketones is 1. The van der Waals surface area contributed by atoms with Crippen LogP contribution in [0.25, 0.3) is 0 Å². The Balaban J connectivity index is 3.05. The minimum absolute atomic E-state index is 0.122. The molecular formula is C24H42N4O3. The first kappa shape index (κ1) is 27.1. The highest BCUT2D eigenvalue weighted by atomic mass is 16.5. The van der Waals surface area contributed by atoms with Gasteiger partial charge in [0, 0.05) is 11.7 Å². The third kappa shape index (κ3) is 9.80. The summed E-state index contributed by atoms with van der Waals surface area (Å²) in [4.78, 5) is 25.8. The number of hydrogen-bond acceptors (Lipinski definition) is 6. The fraction of sp³-hybridized carbons (Fsp3) is 0.667. The Labute approximate surface area is 187 Å². The average Bonchev–Trinajstić information content (AvgIpc) is 2.66. The molecular weight excluding hydrogens is 392 g/mol. The van der Waals surface area contributed by atoms with Crippen LogP contribution in [0, 0.1) is 5.92 Å². The summed E-state index contributed by atoms with van der Waals surface area (Å²) in [6, 6.07) is 5.01. The monoisotopic (exact) mass is 434 g/mol. The number of rotatable bonds is 14. The van der Waals surface area contributed by atoms with Gasteiger partial charge >= 0.3 is 0 Å². The molecule has 1 unspecified atom stereocenters. The minimum atomic E-state index is -1.06. The van der Waals surface area contributed by atoms with Gasteiger partial charge in [0.05, 0.1) is 23.8 Å². The van der Waals surface area contributed by atoms with Crippen LogP contribution in [0.5, 0.6) is 5.75 Å². The molecule has 0 bridgehead atoms. The second-order valence-electron chi connectivity index (χ2n) is 9.45. The van der Waals surface area contributed by atoms with E-state index in [1.165, 1.54) is 0 Å². The first-order valence-electron chi connectivity index (χ1n) is 11.3. The number of nitrogens with two attached hydrogens (primary N) is 2. The maximum Gasteiger partial charge on any atom is 0.241 e. The lowest BCUT2D eigenvalue weighted by atomic mass is 9.93. The van der Waals surface area contributed by atoms with E-state index in [0.717, 1.165) is 25.7 Å². The molecule has 6 N–H and O–H groups in total. The molecule has 0 spiro atoms. The van der Waals surface area contributed by atoms with Crippen LogP contribution < -0.4 is 26.8 Å². The summed E-state index contributed by atoms with van der Waals surface area (Å²) in [6.07, 6.45) is 3.48. The zero-order valence-electron chi connectivity index (χ0n) is 20.1. The molecule has 0 heterocycles. The third-order valence-electron chi connectivity index (χ3n) is 4.74. The van der Waals surface area contributed by atoms with Crippen LogP contribution in [0.2, 0.25) is 0 Å². The van der Waals surface area contributed by atoms with Crippen molar-refractivity contribution < 1.29 is 14.3 Å². The zero-order valence-corrected chi connectivity index (χ0v) is 20.1. The van der Waals surface area contributed by atoms with Crippen LogP contribution in [0.15, 0.2) is 18.2 Å². The van der Waals surface area contributed by atoms with Crippen molar-refractivity contribution in [2.24, 2.45) is 17.4 Å². The van der Waals surface area contributed by atoms with E-state index >= 15 is 0 Å². The van der Waals surface area contributed by atoms with E-state index in [0.29, 0.717) is 36.1 Å². The second kappa shape index (κ2) is 12.8. The van der Waals surface area contributed by atoms with Crippen LogP contribution in [0.3, 0.4) is 0 Å². The van der Waals surface area contributed by atoms with Gasteiger partial charge < -0.3 is 26.8 Å². The molecule has 7 nitrogen and oxygen atoms in total. The molecule has 0 saturated carbocycles. The number of carbonyl (C=O) groups excluding carboxylic acids is 2. The second-order valence-corrected chi connectivity index (χ2v) is 9.45. The van der Waals surface area contributed by atoms with Gasteiger partial charge in [0.25, 0.3) is 0 Å². The van der Waals surface area contributed by atoms with Crippen LogP contribution >= 0.6 is 0 Å². The van der Waals surface area contributed by atoms with Crippen LogP contribution in [0.1, 0.15) is 77.6 Å². The molecule has 1 aromatic carbocycles. The summed E-state index contributed by atoms with van der Waals surface area (Å²) in [5.41, 5.74) is 11.5. The SMILES string of the molecule is CC(C)CC(NC(C)C)C(=O)Nc1ccc(OCCCCCN)c(C(=O)C(C)(C)N)c1. The summed E-state index contributed by atoms with van der Waals surface area (Å²) in [6.45, 7) is 12.7. The number of benzene rings is 1. The highest BCUT2D eigenvalue weighted by Crippen LogP contribution is 2.27. The first-order chi connectivity index (χ1) is 14.5. The number of hydrogen-bond donors (Lipinski definition) is 4. The normalized spacial score (nSPS) is 12.8. The van der Waals surface area contributed by atoms with Crippen molar-refractivity contribution in [1.82, 2.24) is 5.32 Å². The Bertz CT molecular complexity index is 701. The smallest absolute Gasteiger partial charge is 0.241 e. The number of unbranched alkanes of at least 4 members (excludes halogenated alkanes) is 2. The molecule has 0 fully saturated rings. The molecule has 176 valence electrons. The quantitative estimate of drug-likeness (QED) is 0.263. The summed E-state index contributed by atoms with van der Waals surface area (Å²) >= 11 is 0. The van der Waals surface area contributed by atoms with Crippen molar-refractivity contribution in [1.29, 1.82) is 0 Å². The van der Waals surface area contributed by atoms with Crippen molar-refractivity contribution in [3.8, 4) is 5.75 Å². The molecule has 0 aliphatic carbocycles. The van der Waals surface area contributed by atoms with Gasteiger partial charge in [0.1, 0.15) is 5.75 Å². The highest BCUT2D eigenvalue weighted by molar-refractivity contribution is 6.06. The van der Waals surface area contributed by atoms with E-state index in [2.05, 4.69) is 24.5 Å². The predicted molar refractivity (Wildman–Crippen MR) is 128 cm³/mol. The standard InChI is InChI=1S/C24H42N4O3/c1-16(2)14-20(27-17(3)4)23(30)28-18-10-11-21(31-13-9-7-8-12-25)19(15-18)22(29)24(5,6)26/h10-11,15-17,20,27H,7-9,12-14,25-26H2,1-6H3,(H,28,30). The van der Waals surface area contributed by atoms with Crippen LogP contribution in [0.4, 0.5) is 5.69 Å². The van der Waals surface area contributed by atoms with Gasteiger partial charge in [-0.1, -0.05) is 27.7 Å². The highest BCUT2D eigenvalue weighted by Gasteiger charge is 2.27. The van der Waals surface area contributed by atoms with Gasteiger partial charge in [-0.3, -0.25) is 9.59 Å². The first-order valence-corrected chi connectivity index (χ1v) is 11.3. The van der Waals surface area contributed by atoms with Gasteiger partial charge in [-0.05, 0) is 70.2 Å². The fourth-order valence-corrected chi connectivity index (χ4v) is 3.22. The minimum Gasteiger partial charge on any atom is -0.493 e. The van der Waals surface area contributed by atoms with E-state index in [-0.39, 0.29) is 23.8 Å². The van der Waals surface area contributed by atoms with Crippen molar-refractivity contribution in [2.75, 3.05) is 18.5 Å². The summed E-state index contributed by atoms with van der Waals surface area (Å²) in [5.74, 6) is 0.489. The van der Waals surface area contributed by atoms with Gasteiger partial charge in [-0.2, -0.15) is 0 Å². The maximum atomic E-state index is 12.9. The predicted octanol–water partition coefficient (Wildman–Crippen LogP) is 3.47. The van der Waals surface area contributed by atoms with E-state index in [4.69, 9.17) is 16.2 Å². The molecule has 0 saturated heterocycles. The lowest BCUT2D eigenvalue weighted by Crippen LogP contribution is -2.44. The van der Waals surface area contributed by atoms with Gasteiger partial charge in [-0.15, -0.1) is 0 Å². The zero-order chi connectivity index (χ0) is 23.6. The molecule has 31 heavy (non-hydrogen) atoms. The number of amides is 1. The van der Waals surface area contributed by atoms with Crippen molar-refractivity contribution in [3.05, 3.63) is 23.8 Å². The molecule has 0 aliphatic rings. The summed E-state index contributed by atoms with van der Waals surface area (Å²) < 4.78 is 5.87. The Morgan fingerprint density at radius 2 is 1.77 bits per heavy atom. The Morgan fingerprint density at radius 1 is 1.10 bits per heavy atom. The largest absolute Gasteiger partial charge is 0.493 e. The number of anilines is 1. The maximum absolute atomic E-state index is 12.9. The van der Waals surface area contributed by atoms with Gasteiger partial charge in [-0.25, -0.2) is 0 Å². The van der Waals surface area contributed by atoms with E-state index in [1.807, 2.05) is 13.8 Å². The lowest BCUT2D eigenvalue weighted by Gasteiger charge is -2.23. The molecule has 1 atom stereocenters. The van der Waals surface area contributed by atoms with Crippen molar-refractivity contribution in [2.45, 2.75) is 84.8 Å². The van der Waals surface area contributed by atoms with E-state index in [9.17, 15) is 9.59 Å². The summed E-state index contributed by atoms with van der Waals surface area (Å²) in [5, 5.41) is 6.26. The number of Topliss-reactive ketones (excluding diaryl/α,β-unsaturated/α-hetero) is 1. The molecule has 0 aromatic heterocycles. The fourth-order valence-electron chi connectivity index (χ4n) is 3.22. The Kier molecular flexibility index (Phi) is 11.2. The Hall–Kier alpha value is -1.96. The summed E-state index contributed by atoms with van der Waals surface area (Å²) in [7, 11) is 0. The number of ether oxygens (including phenoxy) is 1. The topological polar surface area (TPSA) is 119 Å². The van der Waals surface area contributed by atoms with Crippen molar-refractivity contribution >= 4 is 17.4 Å². The number of nitrogens with one attached hydrogen (secondary N) is 2. The molecule has 0 aliphatic heterocycles. The lowest BCUT2D eigenvalue weighted by molar-refractivity contribution is -0.118. The molecule has 0 radical (unpaired) electrons. The van der Waals surface area contributed by atoms with Gasteiger partial charge in [0.15, 0.2) is 5.78 Å². The third-order valence-corrected chi connectivity index (χ3v) is 4.74. The van der Waals surface area contributed by atoms with Crippen molar-refractivity contribution in [3.63, 3.8) is 0 Å². The van der Waals surface area contributed by atoms with E-state index in [1.54, 1.807) is 32.0 Å². The average molecular weight is 435 g/mol. The molecule has 1 rings (SSSR count). The molecule has 1 aromatic rings. The van der Waals surface area contributed by atoms with Crippen LogP contribution in [-0.2, 0) is 4.79 Å². The molecule has 7 heteroatoms.